The largest absolute Gasteiger partial charge is 0.481 e. The van der Waals surface area contributed by atoms with E-state index in [1.54, 1.807) is 24.3 Å². The van der Waals surface area contributed by atoms with Crippen molar-refractivity contribution in [1.82, 2.24) is 0 Å². The number of hydrogen-bond donors (Lipinski definition) is 2. The van der Waals surface area contributed by atoms with Crippen molar-refractivity contribution < 1.29 is 19.5 Å². The van der Waals surface area contributed by atoms with Crippen molar-refractivity contribution in [3.05, 3.63) is 29.8 Å². The van der Waals surface area contributed by atoms with Gasteiger partial charge in [-0.1, -0.05) is 12.8 Å². The molecule has 2 N–H and O–H groups in total. The summed E-state index contributed by atoms with van der Waals surface area (Å²) in [5.41, 5.74) is 1.16. The van der Waals surface area contributed by atoms with E-state index < -0.39 is 17.8 Å². The molecule has 112 valence electrons. The average molecular weight is 289 g/mol. The highest BCUT2D eigenvalue weighted by molar-refractivity contribution is 5.97. The molecule has 2 atom stereocenters. The standard InChI is InChI=1S/C16H19NO4/c1-10(18)11-6-8-12(9-7-11)17-15(19)13-4-2-3-5-14(13)16(20)21/h6-9,13-14H,2-5H2,1H3,(H,17,19)(H,20,21)/t13-,14-/m1/s1. The van der Waals surface area contributed by atoms with E-state index in [1.807, 2.05) is 0 Å². The van der Waals surface area contributed by atoms with E-state index >= 15 is 0 Å². The zero-order valence-electron chi connectivity index (χ0n) is 12.0. The number of carbonyl (C=O) groups is 3. The molecule has 0 bridgehead atoms. The first-order valence-corrected chi connectivity index (χ1v) is 7.13. The lowest BCUT2D eigenvalue weighted by molar-refractivity contribution is -0.147. The third kappa shape index (κ3) is 3.68. The van der Waals surface area contributed by atoms with E-state index in [9.17, 15) is 19.5 Å². The summed E-state index contributed by atoms with van der Waals surface area (Å²) in [6.45, 7) is 1.48. The number of anilines is 1. The number of rotatable bonds is 4. The van der Waals surface area contributed by atoms with Crippen LogP contribution in [0.2, 0.25) is 0 Å². The van der Waals surface area contributed by atoms with Crippen molar-refractivity contribution in [2.75, 3.05) is 5.32 Å². The van der Waals surface area contributed by atoms with Crippen LogP contribution in [0, 0.1) is 11.8 Å². The Morgan fingerprint density at radius 2 is 1.62 bits per heavy atom. The molecule has 0 unspecified atom stereocenters. The van der Waals surface area contributed by atoms with Crippen LogP contribution in [0.4, 0.5) is 5.69 Å². The normalized spacial score (nSPS) is 21.6. The van der Waals surface area contributed by atoms with Gasteiger partial charge in [-0.3, -0.25) is 14.4 Å². The minimum absolute atomic E-state index is 0.0360. The number of nitrogens with one attached hydrogen (secondary N) is 1. The van der Waals surface area contributed by atoms with Crippen LogP contribution in [0.1, 0.15) is 43.0 Å². The summed E-state index contributed by atoms with van der Waals surface area (Å²) in [7, 11) is 0. The van der Waals surface area contributed by atoms with Crippen molar-refractivity contribution in [3.63, 3.8) is 0 Å². The molecular formula is C16H19NO4. The molecular weight excluding hydrogens is 270 g/mol. The fourth-order valence-corrected chi connectivity index (χ4v) is 2.76. The quantitative estimate of drug-likeness (QED) is 0.835. The van der Waals surface area contributed by atoms with Crippen LogP contribution in [-0.2, 0) is 9.59 Å². The molecule has 0 aromatic heterocycles. The van der Waals surface area contributed by atoms with Gasteiger partial charge in [0, 0.05) is 11.3 Å². The van der Waals surface area contributed by atoms with Gasteiger partial charge < -0.3 is 10.4 Å². The molecule has 2 rings (SSSR count). The topological polar surface area (TPSA) is 83.5 Å². The van der Waals surface area contributed by atoms with Crippen molar-refractivity contribution in [2.45, 2.75) is 32.6 Å². The van der Waals surface area contributed by atoms with Gasteiger partial charge in [0.15, 0.2) is 5.78 Å². The number of Topliss-reactive ketones (excluding diaryl/α,β-unsaturated/α-hetero) is 1. The highest BCUT2D eigenvalue weighted by Gasteiger charge is 2.35. The van der Waals surface area contributed by atoms with Crippen LogP contribution in [0.25, 0.3) is 0 Å². The Hall–Kier alpha value is -2.17. The molecule has 0 radical (unpaired) electrons. The predicted octanol–water partition coefficient (Wildman–Crippen LogP) is 2.72. The van der Waals surface area contributed by atoms with Crippen LogP contribution in [0.15, 0.2) is 24.3 Å². The summed E-state index contributed by atoms with van der Waals surface area (Å²) in [4.78, 5) is 34.7. The van der Waals surface area contributed by atoms with E-state index in [1.165, 1.54) is 6.92 Å². The molecule has 5 heteroatoms. The number of ketones is 1. The molecule has 1 aliphatic rings. The molecule has 1 saturated carbocycles. The summed E-state index contributed by atoms with van der Waals surface area (Å²) in [5, 5.41) is 12.0. The minimum Gasteiger partial charge on any atom is -0.481 e. The lowest BCUT2D eigenvalue weighted by Gasteiger charge is -2.27. The van der Waals surface area contributed by atoms with Crippen LogP contribution < -0.4 is 5.32 Å². The monoisotopic (exact) mass is 289 g/mol. The van der Waals surface area contributed by atoms with Crippen LogP contribution in [0.3, 0.4) is 0 Å². The van der Waals surface area contributed by atoms with Gasteiger partial charge in [-0.25, -0.2) is 0 Å². The second kappa shape index (κ2) is 6.52. The van der Waals surface area contributed by atoms with Gasteiger partial charge in [-0.2, -0.15) is 0 Å². The van der Waals surface area contributed by atoms with E-state index in [2.05, 4.69) is 5.32 Å². The van der Waals surface area contributed by atoms with Gasteiger partial charge in [-0.05, 0) is 44.0 Å². The second-order valence-electron chi connectivity index (χ2n) is 5.46. The zero-order chi connectivity index (χ0) is 15.4. The number of hydrogen-bond acceptors (Lipinski definition) is 3. The lowest BCUT2D eigenvalue weighted by atomic mass is 9.78. The van der Waals surface area contributed by atoms with Gasteiger partial charge in [0.05, 0.1) is 11.8 Å². The Morgan fingerprint density at radius 3 is 2.14 bits per heavy atom. The summed E-state index contributed by atoms with van der Waals surface area (Å²) in [6.07, 6.45) is 2.89. The van der Waals surface area contributed by atoms with Crippen LogP contribution in [-0.4, -0.2) is 22.8 Å². The van der Waals surface area contributed by atoms with Crippen molar-refractivity contribution >= 4 is 23.3 Å². The third-order valence-electron chi connectivity index (χ3n) is 3.98. The second-order valence-corrected chi connectivity index (χ2v) is 5.46. The number of carbonyl (C=O) groups excluding carboxylic acids is 2. The third-order valence-corrected chi connectivity index (χ3v) is 3.98. The molecule has 5 nitrogen and oxygen atoms in total. The summed E-state index contributed by atoms with van der Waals surface area (Å²) < 4.78 is 0. The van der Waals surface area contributed by atoms with E-state index in [-0.39, 0.29) is 11.7 Å². The maximum absolute atomic E-state index is 12.3. The number of aliphatic carboxylic acids is 1. The molecule has 1 aromatic carbocycles. The van der Waals surface area contributed by atoms with Gasteiger partial charge in [0.1, 0.15) is 0 Å². The zero-order valence-corrected chi connectivity index (χ0v) is 12.0. The van der Waals surface area contributed by atoms with Crippen molar-refractivity contribution in [3.8, 4) is 0 Å². The molecule has 0 aliphatic heterocycles. The number of carboxylic acid groups (broad SMARTS) is 1. The van der Waals surface area contributed by atoms with E-state index in [4.69, 9.17) is 0 Å². The van der Waals surface area contributed by atoms with Crippen molar-refractivity contribution in [2.24, 2.45) is 11.8 Å². The number of benzene rings is 1. The lowest BCUT2D eigenvalue weighted by Crippen LogP contribution is -2.36. The number of amides is 1. The maximum Gasteiger partial charge on any atom is 0.307 e. The molecule has 1 aliphatic carbocycles. The smallest absolute Gasteiger partial charge is 0.307 e. The highest BCUT2D eigenvalue weighted by Crippen LogP contribution is 2.31. The molecule has 1 amide bonds. The SMILES string of the molecule is CC(=O)c1ccc(NC(=O)[C@@H]2CCCC[C@H]2C(=O)O)cc1. The average Bonchev–Trinajstić information content (AvgIpc) is 2.47. The Kier molecular flexibility index (Phi) is 4.73. The van der Waals surface area contributed by atoms with Gasteiger partial charge in [0.25, 0.3) is 0 Å². The fraction of sp³-hybridized carbons (Fsp3) is 0.438. The Morgan fingerprint density at radius 1 is 1.05 bits per heavy atom. The molecule has 0 heterocycles. The van der Waals surface area contributed by atoms with E-state index in [0.29, 0.717) is 24.1 Å². The Bertz CT molecular complexity index is 550. The van der Waals surface area contributed by atoms with Gasteiger partial charge >= 0.3 is 5.97 Å². The first-order valence-electron chi connectivity index (χ1n) is 7.13. The van der Waals surface area contributed by atoms with Gasteiger partial charge in [0.2, 0.25) is 5.91 Å². The molecule has 0 saturated heterocycles. The summed E-state index contributed by atoms with van der Waals surface area (Å²) >= 11 is 0. The van der Waals surface area contributed by atoms with Crippen LogP contribution in [0.5, 0.6) is 0 Å². The maximum atomic E-state index is 12.3. The first-order chi connectivity index (χ1) is 9.99. The Labute approximate surface area is 123 Å². The summed E-state index contributed by atoms with van der Waals surface area (Å²) in [6, 6.07) is 6.61. The summed E-state index contributed by atoms with van der Waals surface area (Å²) in [5.74, 6) is -2.27. The number of carboxylic acids is 1. The predicted molar refractivity (Wildman–Crippen MR) is 78.2 cm³/mol. The molecule has 1 aromatic rings. The van der Waals surface area contributed by atoms with Crippen molar-refractivity contribution in [1.29, 1.82) is 0 Å². The molecule has 1 fully saturated rings. The van der Waals surface area contributed by atoms with E-state index in [0.717, 1.165) is 12.8 Å². The molecule has 0 spiro atoms. The van der Waals surface area contributed by atoms with Gasteiger partial charge in [-0.15, -0.1) is 0 Å². The molecule has 21 heavy (non-hydrogen) atoms. The minimum atomic E-state index is -0.901. The Balaban J connectivity index is 2.05. The highest BCUT2D eigenvalue weighted by atomic mass is 16.4. The first kappa shape index (κ1) is 15.2. The van der Waals surface area contributed by atoms with Crippen LogP contribution >= 0.6 is 0 Å². The fourth-order valence-electron chi connectivity index (χ4n) is 2.76.